The molecule has 0 radical (unpaired) electrons. The Kier molecular flexibility index (Phi) is 4.13. The summed E-state index contributed by atoms with van der Waals surface area (Å²) in [6.45, 7) is 2.10. The lowest BCUT2D eigenvalue weighted by molar-refractivity contribution is 1.12. The second-order valence-corrected chi connectivity index (χ2v) is 4.10. The molecule has 0 bridgehead atoms. The number of halogens is 2. The van der Waals surface area contributed by atoms with Gasteiger partial charge < -0.3 is 0 Å². The fraction of sp³-hybridized carbons (Fsp3) is 0.333. The number of rotatable bonds is 3. The van der Waals surface area contributed by atoms with E-state index in [1.54, 1.807) is 11.3 Å². The molecule has 3 heteroatoms. The molecule has 0 fully saturated rings. The fourth-order valence-electron chi connectivity index (χ4n) is 0.840. The molecule has 0 spiro atoms. The molecular weight excluding hydrogens is 211 g/mol. The van der Waals surface area contributed by atoms with Crippen LogP contribution in [-0.2, 0) is 0 Å². The minimum absolute atomic E-state index is 0.603. The minimum Gasteiger partial charge on any atom is -0.143 e. The van der Waals surface area contributed by atoms with Crippen molar-refractivity contribution in [3.63, 3.8) is 0 Å². The van der Waals surface area contributed by atoms with E-state index in [1.807, 2.05) is 11.4 Å². The van der Waals surface area contributed by atoms with Gasteiger partial charge in [-0.25, -0.2) is 0 Å². The van der Waals surface area contributed by atoms with Gasteiger partial charge in [0.05, 0.1) is 5.02 Å². The summed E-state index contributed by atoms with van der Waals surface area (Å²) in [6.07, 6.45) is 3.10. The van der Waals surface area contributed by atoms with Gasteiger partial charge in [-0.05, 0) is 18.6 Å². The Hall–Kier alpha value is 0.0200. The average molecular weight is 221 g/mol. The molecule has 1 rings (SSSR count). The Bertz CT molecular complexity index is 270. The van der Waals surface area contributed by atoms with Crippen LogP contribution in [0.5, 0.6) is 0 Å². The Morgan fingerprint density at radius 1 is 1.67 bits per heavy atom. The van der Waals surface area contributed by atoms with Crippen molar-refractivity contribution >= 4 is 40.6 Å². The lowest BCUT2D eigenvalue weighted by Gasteiger charge is -1.95. The third-order valence-electron chi connectivity index (χ3n) is 1.56. The SMILES string of the molecule is CCC(=Cc1cc(Cl)cs1)CCl. The maximum Gasteiger partial charge on any atom is 0.0519 e. The normalized spacial score (nSPS) is 12.1. The van der Waals surface area contributed by atoms with Gasteiger partial charge in [0, 0.05) is 16.1 Å². The summed E-state index contributed by atoms with van der Waals surface area (Å²) in [5, 5.41) is 2.73. The second-order valence-electron chi connectivity index (χ2n) is 2.46. The van der Waals surface area contributed by atoms with Crippen LogP contribution >= 0.6 is 34.5 Å². The Morgan fingerprint density at radius 2 is 2.42 bits per heavy atom. The summed E-state index contributed by atoms with van der Waals surface area (Å²) in [6, 6.07) is 1.95. The maximum absolute atomic E-state index is 5.78. The summed E-state index contributed by atoms with van der Waals surface area (Å²) >= 11 is 13.1. The van der Waals surface area contributed by atoms with Crippen LogP contribution in [0.2, 0.25) is 5.02 Å². The van der Waals surface area contributed by atoms with Gasteiger partial charge in [-0.15, -0.1) is 22.9 Å². The highest BCUT2D eigenvalue weighted by atomic mass is 35.5. The second kappa shape index (κ2) is 4.90. The van der Waals surface area contributed by atoms with Crippen molar-refractivity contribution in [3.05, 3.63) is 26.9 Å². The van der Waals surface area contributed by atoms with Crippen LogP contribution in [0.1, 0.15) is 18.2 Å². The van der Waals surface area contributed by atoms with Crippen LogP contribution in [0, 0.1) is 0 Å². The van der Waals surface area contributed by atoms with Crippen LogP contribution in [0.4, 0.5) is 0 Å². The molecule has 0 atom stereocenters. The highest BCUT2D eigenvalue weighted by Gasteiger charge is 1.96. The van der Waals surface area contributed by atoms with E-state index >= 15 is 0 Å². The molecule has 0 unspecified atom stereocenters. The standard InChI is InChI=1S/C9H10Cl2S/c1-2-7(5-10)3-9-4-8(11)6-12-9/h3-4,6H,2,5H2,1H3. The van der Waals surface area contributed by atoms with Crippen LogP contribution < -0.4 is 0 Å². The molecule has 0 nitrogen and oxygen atoms in total. The van der Waals surface area contributed by atoms with Crippen molar-refractivity contribution < 1.29 is 0 Å². The zero-order valence-electron chi connectivity index (χ0n) is 6.81. The largest absolute Gasteiger partial charge is 0.143 e. The molecule has 0 amide bonds. The van der Waals surface area contributed by atoms with Gasteiger partial charge in [-0.2, -0.15) is 0 Å². The predicted octanol–water partition coefficient (Wildman–Crippen LogP) is 4.43. The van der Waals surface area contributed by atoms with Crippen molar-refractivity contribution in [1.29, 1.82) is 0 Å². The number of thiophene rings is 1. The molecule has 1 heterocycles. The van der Waals surface area contributed by atoms with E-state index in [-0.39, 0.29) is 0 Å². The van der Waals surface area contributed by atoms with Crippen LogP contribution in [0.3, 0.4) is 0 Å². The van der Waals surface area contributed by atoms with Crippen molar-refractivity contribution in [2.24, 2.45) is 0 Å². The van der Waals surface area contributed by atoms with Gasteiger partial charge in [-0.3, -0.25) is 0 Å². The smallest absolute Gasteiger partial charge is 0.0519 e. The molecule has 0 saturated heterocycles. The highest BCUT2D eigenvalue weighted by molar-refractivity contribution is 7.11. The first kappa shape index (κ1) is 10.1. The van der Waals surface area contributed by atoms with Crippen LogP contribution in [0.15, 0.2) is 17.0 Å². The van der Waals surface area contributed by atoms with E-state index in [2.05, 4.69) is 13.0 Å². The molecule has 1 aromatic rings. The number of hydrogen-bond acceptors (Lipinski definition) is 1. The molecule has 0 aliphatic heterocycles. The molecule has 0 N–H and O–H groups in total. The maximum atomic E-state index is 5.78. The monoisotopic (exact) mass is 220 g/mol. The number of alkyl halides is 1. The first-order valence-corrected chi connectivity index (χ1v) is 5.55. The predicted molar refractivity (Wildman–Crippen MR) is 58.3 cm³/mol. The summed E-state index contributed by atoms with van der Waals surface area (Å²) in [5.74, 6) is 0.603. The van der Waals surface area contributed by atoms with Gasteiger partial charge in [-0.1, -0.05) is 24.1 Å². The van der Waals surface area contributed by atoms with Gasteiger partial charge in [0.2, 0.25) is 0 Å². The molecule has 66 valence electrons. The van der Waals surface area contributed by atoms with Gasteiger partial charge in [0.1, 0.15) is 0 Å². The minimum atomic E-state index is 0.603. The van der Waals surface area contributed by atoms with Gasteiger partial charge >= 0.3 is 0 Å². The lowest BCUT2D eigenvalue weighted by Crippen LogP contribution is -1.79. The first-order valence-electron chi connectivity index (χ1n) is 3.75. The Morgan fingerprint density at radius 3 is 2.83 bits per heavy atom. The lowest BCUT2D eigenvalue weighted by atomic mass is 10.2. The van der Waals surface area contributed by atoms with E-state index in [0.29, 0.717) is 5.88 Å². The average Bonchev–Trinajstić information content (AvgIpc) is 2.47. The van der Waals surface area contributed by atoms with Crippen molar-refractivity contribution in [2.45, 2.75) is 13.3 Å². The highest BCUT2D eigenvalue weighted by Crippen LogP contribution is 2.22. The van der Waals surface area contributed by atoms with Crippen LogP contribution in [0.25, 0.3) is 6.08 Å². The van der Waals surface area contributed by atoms with Crippen molar-refractivity contribution in [1.82, 2.24) is 0 Å². The molecule has 0 aliphatic rings. The molecule has 0 aromatic carbocycles. The van der Waals surface area contributed by atoms with E-state index in [1.165, 1.54) is 10.5 Å². The van der Waals surface area contributed by atoms with E-state index in [4.69, 9.17) is 23.2 Å². The number of allylic oxidation sites excluding steroid dienone is 1. The third-order valence-corrected chi connectivity index (χ3v) is 3.13. The van der Waals surface area contributed by atoms with Crippen molar-refractivity contribution in [2.75, 3.05) is 5.88 Å². The van der Waals surface area contributed by atoms with Crippen molar-refractivity contribution in [3.8, 4) is 0 Å². The Labute approximate surface area is 86.8 Å². The van der Waals surface area contributed by atoms with E-state index < -0.39 is 0 Å². The fourth-order valence-corrected chi connectivity index (χ4v) is 2.17. The van der Waals surface area contributed by atoms with Gasteiger partial charge in [0.25, 0.3) is 0 Å². The summed E-state index contributed by atoms with van der Waals surface area (Å²) < 4.78 is 0. The topological polar surface area (TPSA) is 0 Å². The quantitative estimate of drug-likeness (QED) is 0.662. The zero-order chi connectivity index (χ0) is 8.97. The molecule has 0 aliphatic carbocycles. The van der Waals surface area contributed by atoms with E-state index in [9.17, 15) is 0 Å². The van der Waals surface area contributed by atoms with E-state index in [0.717, 1.165) is 11.4 Å². The first-order chi connectivity index (χ1) is 5.76. The Balaban J connectivity index is 2.78. The molecule has 0 saturated carbocycles. The third kappa shape index (κ3) is 2.81. The van der Waals surface area contributed by atoms with Crippen LogP contribution in [-0.4, -0.2) is 5.88 Å². The molecule has 1 aromatic heterocycles. The van der Waals surface area contributed by atoms with Gasteiger partial charge in [0.15, 0.2) is 0 Å². The zero-order valence-corrected chi connectivity index (χ0v) is 9.14. The molecule has 12 heavy (non-hydrogen) atoms. The summed E-state index contributed by atoms with van der Waals surface area (Å²) in [5.41, 5.74) is 1.25. The summed E-state index contributed by atoms with van der Waals surface area (Å²) in [4.78, 5) is 1.18. The summed E-state index contributed by atoms with van der Waals surface area (Å²) in [7, 11) is 0. The number of hydrogen-bond donors (Lipinski definition) is 0. The molecular formula is C9H10Cl2S.